The summed E-state index contributed by atoms with van der Waals surface area (Å²) in [5, 5.41) is 9.86. The van der Waals surface area contributed by atoms with Crippen LogP contribution in [-0.4, -0.2) is 12.8 Å². The van der Waals surface area contributed by atoms with Crippen molar-refractivity contribution in [3.05, 3.63) is 35.9 Å². The zero-order valence-corrected chi connectivity index (χ0v) is 7.98. The van der Waals surface area contributed by atoms with E-state index in [9.17, 15) is 14.5 Å². The second kappa shape index (κ2) is 5.44. The van der Waals surface area contributed by atoms with Crippen LogP contribution < -0.4 is 5.11 Å². The molecule has 14 heavy (non-hydrogen) atoms. The predicted molar refractivity (Wildman–Crippen MR) is 45.4 cm³/mol. The van der Waals surface area contributed by atoms with Crippen LogP contribution in [0.15, 0.2) is 30.3 Å². The fraction of sp³-hybridized carbons (Fsp3) is 0.125. The van der Waals surface area contributed by atoms with E-state index in [4.69, 9.17) is 0 Å². The molecule has 0 bridgehead atoms. The summed E-state index contributed by atoms with van der Waals surface area (Å²) in [4.78, 5) is 11.1. The van der Waals surface area contributed by atoms with Crippen molar-refractivity contribution in [1.82, 2.24) is 0 Å². The van der Waals surface area contributed by atoms with Crippen LogP contribution in [0.4, 0.5) is 0 Å². The van der Waals surface area contributed by atoms with Gasteiger partial charge in [-0.2, -0.15) is 4.52 Å². The van der Waals surface area contributed by atoms with Crippen LogP contribution in [0.3, 0.4) is 0 Å². The summed E-state index contributed by atoms with van der Waals surface area (Å²) in [6.07, 6.45) is 0. The number of carbonyl (C=O) groups excluding carboxylic acids is 1. The fourth-order valence-corrected chi connectivity index (χ4v) is 1.14. The molecule has 0 aliphatic heterocycles. The fourth-order valence-electron chi connectivity index (χ4n) is 0.764. The van der Waals surface area contributed by atoms with E-state index >= 15 is 0 Å². The van der Waals surface area contributed by atoms with Crippen molar-refractivity contribution in [2.75, 3.05) is 6.79 Å². The van der Waals surface area contributed by atoms with Gasteiger partial charge in [-0.05, 0) is 12.1 Å². The third kappa shape index (κ3) is 3.22. The van der Waals surface area contributed by atoms with E-state index in [1.165, 1.54) is 12.1 Å². The molecule has 0 N–H and O–H groups in total. The first kappa shape index (κ1) is 10.8. The summed E-state index contributed by atoms with van der Waals surface area (Å²) in [7, 11) is -2.66. The van der Waals surface area contributed by atoms with Crippen molar-refractivity contribution in [1.29, 1.82) is 0 Å². The third-order valence-corrected chi connectivity index (χ3v) is 1.96. The maximum atomic E-state index is 11.1. The zero-order valence-electron chi connectivity index (χ0n) is 7.08. The molecule has 0 heterocycles. The van der Waals surface area contributed by atoms with Gasteiger partial charge in [-0.1, -0.05) is 18.2 Å². The molecule has 0 saturated carbocycles. The molecule has 74 valence electrons. The van der Waals surface area contributed by atoms with Crippen molar-refractivity contribution in [3.63, 3.8) is 0 Å². The molecule has 0 saturated heterocycles. The minimum atomic E-state index is -2.66. The minimum absolute atomic E-state index is 0.255. The third-order valence-electron chi connectivity index (χ3n) is 1.33. The van der Waals surface area contributed by atoms with Gasteiger partial charge < -0.3 is 5.11 Å². The van der Waals surface area contributed by atoms with Crippen molar-refractivity contribution < 1.29 is 23.5 Å². The summed E-state index contributed by atoms with van der Waals surface area (Å²) < 4.78 is 19.1. The molecule has 0 spiro atoms. The van der Waals surface area contributed by atoms with Gasteiger partial charge in [-0.15, -0.1) is 4.52 Å². The van der Waals surface area contributed by atoms with Crippen LogP contribution in [-0.2, 0) is 13.6 Å². The molecule has 0 radical (unpaired) electrons. The molecule has 6 heteroatoms. The quantitative estimate of drug-likeness (QED) is 0.548. The lowest BCUT2D eigenvalue weighted by Crippen LogP contribution is -2.07. The minimum Gasteiger partial charge on any atom is -0.830 e. The van der Waals surface area contributed by atoms with E-state index in [1.807, 2.05) is 0 Å². The van der Waals surface area contributed by atoms with Crippen LogP contribution in [0, 0.1) is 0 Å². The molecular formula is C8H7O5P. The monoisotopic (exact) mass is 214 g/mol. The second-order valence-electron chi connectivity index (χ2n) is 2.22. The van der Waals surface area contributed by atoms with Gasteiger partial charge in [0.25, 0.3) is 0 Å². The molecule has 0 aromatic heterocycles. The van der Waals surface area contributed by atoms with Gasteiger partial charge in [0.15, 0.2) is 0 Å². The van der Waals surface area contributed by atoms with E-state index in [0.717, 1.165) is 0 Å². The molecule has 1 aromatic rings. The standard InChI is InChI=1S/C8H7O5P/c9-6-12-14(11)13-8(10)7-4-2-1-3-5-7/h1-5H,6H2. The van der Waals surface area contributed by atoms with E-state index in [2.05, 4.69) is 9.05 Å². The first-order valence-corrected chi connectivity index (χ1v) is 4.79. The van der Waals surface area contributed by atoms with Gasteiger partial charge in [0.05, 0.1) is 5.56 Å². The molecule has 1 rings (SSSR count). The van der Waals surface area contributed by atoms with Crippen LogP contribution in [0.1, 0.15) is 10.4 Å². The number of rotatable bonds is 4. The Balaban J connectivity index is 2.55. The number of carbonyl (C=O) groups is 1. The van der Waals surface area contributed by atoms with Crippen molar-refractivity contribution >= 4 is 14.2 Å². The lowest BCUT2D eigenvalue weighted by Gasteiger charge is -1.94. The molecule has 1 unspecified atom stereocenters. The Hall–Kier alpha value is -1.29. The van der Waals surface area contributed by atoms with E-state index < -0.39 is 21.0 Å². The van der Waals surface area contributed by atoms with Gasteiger partial charge in [0.1, 0.15) is 0 Å². The van der Waals surface area contributed by atoms with E-state index in [1.54, 1.807) is 18.2 Å². The Morgan fingerprint density at radius 2 is 2.00 bits per heavy atom. The van der Waals surface area contributed by atoms with Crippen LogP contribution >= 0.6 is 8.25 Å². The molecule has 0 amide bonds. The van der Waals surface area contributed by atoms with Crippen molar-refractivity contribution in [2.45, 2.75) is 0 Å². The Morgan fingerprint density at radius 3 is 2.57 bits per heavy atom. The number of hydrogen-bond acceptors (Lipinski definition) is 5. The Kier molecular flexibility index (Phi) is 4.19. The Labute approximate surface area is 81.2 Å². The zero-order chi connectivity index (χ0) is 10.4. The summed E-state index contributed by atoms with van der Waals surface area (Å²) in [5.74, 6) is -0.778. The van der Waals surface area contributed by atoms with Crippen LogP contribution in [0.25, 0.3) is 0 Å². The second-order valence-corrected chi connectivity index (χ2v) is 3.10. The molecule has 0 fully saturated rings. The van der Waals surface area contributed by atoms with Crippen molar-refractivity contribution in [2.24, 2.45) is 0 Å². The Morgan fingerprint density at radius 1 is 1.36 bits per heavy atom. The molecule has 1 atom stereocenters. The predicted octanol–water partition coefficient (Wildman–Crippen LogP) is 0.835. The van der Waals surface area contributed by atoms with Gasteiger partial charge in [-0.25, -0.2) is 4.79 Å². The van der Waals surface area contributed by atoms with E-state index in [0.29, 0.717) is 0 Å². The lowest BCUT2D eigenvalue weighted by molar-refractivity contribution is -0.413. The maximum absolute atomic E-state index is 11.1. The van der Waals surface area contributed by atoms with Gasteiger partial charge in [0, 0.05) is 11.4 Å². The number of benzene rings is 1. The summed E-state index contributed by atoms with van der Waals surface area (Å²) in [6.45, 7) is -1.00. The smallest absolute Gasteiger partial charge is 0.752 e. The number of hydrogen-bond donors (Lipinski definition) is 0. The largest absolute Gasteiger partial charge is 0.830 e. The maximum Gasteiger partial charge on any atom is 0.752 e. The molecular weight excluding hydrogens is 207 g/mol. The van der Waals surface area contributed by atoms with Gasteiger partial charge in [0.2, 0.25) is 0 Å². The summed E-state index contributed by atoms with van der Waals surface area (Å²) in [6, 6.07) is 8.01. The van der Waals surface area contributed by atoms with E-state index in [-0.39, 0.29) is 5.56 Å². The SMILES string of the molecule is O=C(O[P+](=O)OC[O-])c1ccccc1. The highest BCUT2D eigenvalue weighted by molar-refractivity contribution is 7.34. The Bertz CT molecular complexity index is 324. The molecule has 0 aliphatic carbocycles. The van der Waals surface area contributed by atoms with Crippen molar-refractivity contribution in [3.8, 4) is 0 Å². The van der Waals surface area contributed by atoms with Crippen LogP contribution in [0.2, 0.25) is 0 Å². The average Bonchev–Trinajstić information content (AvgIpc) is 2.19. The van der Waals surface area contributed by atoms with Gasteiger partial charge >= 0.3 is 14.2 Å². The normalized spacial score (nSPS) is 10.8. The molecule has 1 aromatic carbocycles. The van der Waals surface area contributed by atoms with Gasteiger partial charge in [-0.3, -0.25) is 0 Å². The highest BCUT2D eigenvalue weighted by atomic mass is 31.1. The summed E-state index contributed by atoms with van der Waals surface area (Å²) >= 11 is 0. The topological polar surface area (TPSA) is 75.7 Å². The highest BCUT2D eigenvalue weighted by Gasteiger charge is 2.25. The first-order valence-electron chi connectivity index (χ1n) is 3.69. The van der Waals surface area contributed by atoms with Crippen LogP contribution in [0.5, 0.6) is 0 Å². The highest BCUT2D eigenvalue weighted by Crippen LogP contribution is 2.24. The lowest BCUT2D eigenvalue weighted by atomic mass is 10.2. The summed E-state index contributed by atoms with van der Waals surface area (Å²) in [5.41, 5.74) is 0.255. The molecule has 5 nitrogen and oxygen atoms in total. The first-order chi connectivity index (χ1) is 6.74. The molecule has 0 aliphatic rings. The average molecular weight is 214 g/mol.